The van der Waals surface area contributed by atoms with Crippen molar-refractivity contribution in [1.82, 2.24) is 5.32 Å². The highest BCUT2D eigenvalue weighted by Gasteiger charge is 2.16. The average molecular weight is 473 g/mol. The molecular weight excluding hydrogens is 449 g/mol. The summed E-state index contributed by atoms with van der Waals surface area (Å²) < 4.78 is 12.8. The van der Waals surface area contributed by atoms with Crippen molar-refractivity contribution >= 4 is 39.1 Å². The fourth-order valence-electron chi connectivity index (χ4n) is 3.30. The molecule has 0 unspecified atom stereocenters. The molecule has 0 spiro atoms. The lowest BCUT2D eigenvalue weighted by Gasteiger charge is -2.17. The Hall–Kier alpha value is -0.940. The minimum absolute atomic E-state index is 0.384. The van der Waals surface area contributed by atoms with Crippen LogP contribution in [0, 0.1) is 0 Å². The van der Waals surface area contributed by atoms with Crippen molar-refractivity contribution in [3.05, 3.63) is 56.0 Å². The Bertz CT molecular complexity index is 779. The summed E-state index contributed by atoms with van der Waals surface area (Å²) in [6.45, 7) is 3.76. The molecule has 1 aliphatic carbocycles. The molecule has 3 nitrogen and oxygen atoms in total. The lowest BCUT2D eigenvalue weighted by Crippen LogP contribution is -2.25. The molecule has 0 saturated heterocycles. The summed E-state index contributed by atoms with van der Waals surface area (Å²) in [4.78, 5) is 0. The van der Waals surface area contributed by atoms with Crippen molar-refractivity contribution in [2.75, 3.05) is 6.61 Å². The Morgan fingerprint density at radius 3 is 2.52 bits per heavy atom. The SMILES string of the molecule is CCOc1cc(CNC2CCCC2)cc(Br)c1OCc1ccc(Cl)c(Cl)c1. The van der Waals surface area contributed by atoms with Crippen LogP contribution < -0.4 is 14.8 Å². The van der Waals surface area contributed by atoms with Crippen molar-refractivity contribution in [3.63, 3.8) is 0 Å². The minimum atomic E-state index is 0.384. The molecule has 0 aliphatic heterocycles. The molecule has 146 valence electrons. The van der Waals surface area contributed by atoms with Gasteiger partial charge in [0.15, 0.2) is 11.5 Å². The molecule has 0 radical (unpaired) electrons. The van der Waals surface area contributed by atoms with E-state index >= 15 is 0 Å². The van der Waals surface area contributed by atoms with Crippen molar-refractivity contribution < 1.29 is 9.47 Å². The molecule has 2 aromatic carbocycles. The van der Waals surface area contributed by atoms with Crippen LogP contribution in [-0.2, 0) is 13.2 Å². The fourth-order valence-corrected chi connectivity index (χ4v) is 4.23. The molecule has 3 rings (SSSR count). The maximum Gasteiger partial charge on any atom is 0.175 e. The summed E-state index contributed by atoms with van der Waals surface area (Å²) >= 11 is 15.7. The molecule has 1 fully saturated rings. The summed E-state index contributed by atoms with van der Waals surface area (Å²) in [6.07, 6.45) is 5.19. The summed E-state index contributed by atoms with van der Waals surface area (Å²) in [7, 11) is 0. The maximum absolute atomic E-state index is 6.09. The van der Waals surface area contributed by atoms with Crippen molar-refractivity contribution in [2.45, 2.75) is 51.8 Å². The van der Waals surface area contributed by atoms with E-state index in [0.717, 1.165) is 22.3 Å². The summed E-state index contributed by atoms with van der Waals surface area (Å²) in [5, 5.41) is 4.70. The van der Waals surface area contributed by atoms with Gasteiger partial charge < -0.3 is 14.8 Å². The first-order valence-corrected chi connectivity index (χ1v) is 10.9. The van der Waals surface area contributed by atoms with Crippen molar-refractivity contribution in [2.24, 2.45) is 0 Å². The molecular formula is C21H24BrCl2NO2. The molecule has 0 bridgehead atoms. The molecule has 0 atom stereocenters. The van der Waals surface area contributed by atoms with E-state index in [9.17, 15) is 0 Å². The van der Waals surface area contributed by atoms with Crippen LogP contribution >= 0.6 is 39.1 Å². The highest BCUT2D eigenvalue weighted by molar-refractivity contribution is 9.10. The minimum Gasteiger partial charge on any atom is -0.490 e. The van der Waals surface area contributed by atoms with E-state index < -0.39 is 0 Å². The van der Waals surface area contributed by atoms with Crippen molar-refractivity contribution in [1.29, 1.82) is 0 Å². The topological polar surface area (TPSA) is 30.5 Å². The van der Waals surface area contributed by atoms with Crippen LogP contribution in [0.15, 0.2) is 34.8 Å². The van der Waals surface area contributed by atoms with E-state index in [1.807, 2.05) is 19.1 Å². The number of benzene rings is 2. The van der Waals surface area contributed by atoms with E-state index in [1.54, 1.807) is 6.07 Å². The van der Waals surface area contributed by atoms with Gasteiger partial charge >= 0.3 is 0 Å². The van der Waals surface area contributed by atoms with Gasteiger partial charge in [-0.1, -0.05) is 42.1 Å². The van der Waals surface area contributed by atoms with E-state index in [-0.39, 0.29) is 0 Å². The molecule has 27 heavy (non-hydrogen) atoms. The second-order valence-corrected chi connectivity index (χ2v) is 8.41. The lowest BCUT2D eigenvalue weighted by molar-refractivity contribution is 0.267. The molecule has 6 heteroatoms. The largest absolute Gasteiger partial charge is 0.490 e. The van der Waals surface area contributed by atoms with Gasteiger partial charge in [-0.3, -0.25) is 0 Å². The van der Waals surface area contributed by atoms with Gasteiger partial charge in [0.2, 0.25) is 0 Å². The first kappa shape index (κ1) is 20.8. The highest BCUT2D eigenvalue weighted by Crippen LogP contribution is 2.38. The van der Waals surface area contributed by atoms with E-state index in [4.69, 9.17) is 32.7 Å². The third kappa shape index (κ3) is 5.77. The number of ether oxygens (including phenoxy) is 2. The third-order valence-corrected chi connectivity index (χ3v) is 6.01. The van der Waals surface area contributed by atoms with Crippen LogP contribution in [0.1, 0.15) is 43.7 Å². The fraction of sp³-hybridized carbons (Fsp3) is 0.429. The predicted molar refractivity (Wildman–Crippen MR) is 115 cm³/mol. The summed E-state index contributed by atoms with van der Waals surface area (Å²) in [5.41, 5.74) is 2.13. The van der Waals surface area contributed by atoms with Crippen LogP contribution in [0.2, 0.25) is 10.0 Å². The number of hydrogen-bond acceptors (Lipinski definition) is 3. The average Bonchev–Trinajstić information content (AvgIpc) is 3.16. The maximum atomic E-state index is 6.09. The van der Waals surface area contributed by atoms with Crippen LogP contribution in [0.25, 0.3) is 0 Å². The Morgan fingerprint density at radius 1 is 1.04 bits per heavy atom. The Balaban J connectivity index is 1.71. The molecule has 1 N–H and O–H groups in total. The van der Waals surface area contributed by atoms with Gasteiger partial charge in [-0.15, -0.1) is 0 Å². The molecule has 1 saturated carbocycles. The lowest BCUT2D eigenvalue weighted by atomic mass is 10.1. The third-order valence-electron chi connectivity index (χ3n) is 4.69. The smallest absolute Gasteiger partial charge is 0.175 e. The Morgan fingerprint density at radius 2 is 1.81 bits per heavy atom. The van der Waals surface area contributed by atoms with Crippen LogP contribution in [0.3, 0.4) is 0 Å². The normalized spacial score (nSPS) is 14.5. The summed E-state index contributed by atoms with van der Waals surface area (Å²) in [5.74, 6) is 1.45. The van der Waals surface area contributed by atoms with E-state index in [1.165, 1.54) is 31.2 Å². The number of hydrogen-bond donors (Lipinski definition) is 1. The van der Waals surface area contributed by atoms with Crippen LogP contribution in [-0.4, -0.2) is 12.6 Å². The second-order valence-electron chi connectivity index (χ2n) is 6.74. The van der Waals surface area contributed by atoms with E-state index in [2.05, 4.69) is 33.4 Å². The van der Waals surface area contributed by atoms with Gasteiger partial charge in [-0.2, -0.15) is 0 Å². The first-order valence-electron chi connectivity index (χ1n) is 9.32. The van der Waals surface area contributed by atoms with Crippen LogP contribution in [0.4, 0.5) is 0 Å². The first-order chi connectivity index (χ1) is 13.1. The zero-order valence-corrected chi connectivity index (χ0v) is 18.5. The Kier molecular flexibility index (Phi) is 7.71. The predicted octanol–water partition coefficient (Wildman–Crippen LogP) is 6.77. The van der Waals surface area contributed by atoms with Crippen LogP contribution in [0.5, 0.6) is 11.5 Å². The van der Waals surface area contributed by atoms with Crippen molar-refractivity contribution in [3.8, 4) is 11.5 Å². The van der Waals surface area contributed by atoms with Gasteiger partial charge in [-0.25, -0.2) is 0 Å². The molecule has 2 aromatic rings. The summed E-state index contributed by atoms with van der Waals surface area (Å²) in [6, 6.07) is 10.3. The number of nitrogens with one attached hydrogen (secondary N) is 1. The highest BCUT2D eigenvalue weighted by atomic mass is 79.9. The zero-order chi connectivity index (χ0) is 19.2. The number of rotatable bonds is 8. The number of halogens is 3. The quantitative estimate of drug-likeness (QED) is 0.460. The second kappa shape index (κ2) is 10.0. The van der Waals surface area contributed by atoms with Gasteiger partial charge in [0.25, 0.3) is 0 Å². The molecule has 0 amide bonds. The van der Waals surface area contributed by atoms with Gasteiger partial charge in [0.05, 0.1) is 21.1 Å². The van der Waals surface area contributed by atoms with Gasteiger partial charge in [-0.05, 0) is 71.1 Å². The van der Waals surface area contributed by atoms with E-state index in [0.29, 0.717) is 35.1 Å². The van der Waals surface area contributed by atoms with Gasteiger partial charge in [0, 0.05) is 12.6 Å². The monoisotopic (exact) mass is 471 g/mol. The standard InChI is InChI=1S/C21H24BrCl2NO2/c1-2-26-20-11-15(12-25-16-5-3-4-6-16)9-17(22)21(20)27-13-14-7-8-18(23)19(24)10-14/h7-11,16,25H,2-6,12-13H2,1H3. The zero-order valence-electron chi connectivity index (χ0n) is 15.4. The molecule has 1 aliphatic rings. The Labute approximate surface area is 179 Å². The van der Waals surface area contributed by atoms with Gasteiger partial charge in [0.1, 0.15) is 6.61 Å². The molecule has 0 heterocycles. The molecule has 0 aromatic heterocycles.